The van der Waals surface area contributed by atoms with Gasteiger partial charge in [-0.05, 0) is 54.1 Å². The molecule has 1 aromatic heterocycles. The first-order valence-electron chi connectivity index (χ1n) is 12.4. The summed E-state index contributed by atoms with van der Waals surface area (Å²) in [6.45, 7) is 1.86. The maximum absolute atomic E-state index is 14.0. The lowest BCUT2D eigenvalue weighted by molar-refractivity contribution is 0.0904. The number of halogens is 2. The van der Waals surface area contributed by atoms with Crippen LogP contribution in [0, 0.1) is 11.6 Å². The Morgan fingerprint density at radius 3 is 2.50 bits per heavy atom. The number of aromatic nitrogens is 1. The highest BCUT2D eigenvalue weighted by Gasteiger charge is 2.47. The Labute approximate surface area is 223 Å². The second-order valence-electron chi connectivity index (χ2n) is 9.62. The third kappa shape index (κ3) is 4.41. The van der Waals surface area contributed by atoms with E-state index in [9.17, 15) is 13.6 Å². The van der Waals surface area contributed by atoms with Gasteiger partial charge >= 0.3 is 0 Å². The predicted molar refractivity (Wildman–Crippen MR) is 145 cm³/mol. The van der Waals surface area contributed by atoms with Crippen LogP contribution in [-0.4, -0.2) is 41.7 Å². The van der Waals surface area contributed by atoms with Crippen LogP contribution in [0.5, 0.6) is 5.75 Å². The van der Waals surface area contributed by atoms with Crippen LogP contribution in [0.15, 0.2) is 72.2 Å². The van der Waals surface area contributed by atoms with Crippen molar-refractivity contribution < 1.29 is 18.3 Å². The van der Waals surface area contributed by atoms with Crippen LogP contribution in [0.1, 0.15) is 28.8 Å². The first-order valence-corrected chi connectivity index (χ1v) is 13.3. The summed E-state index contributed by atoms with van der Waals surface area (Å²) in [5, 5.41) is 6.57. The van der Waals surface area contributed by atoms with Gasteiger partial charge < -0.3 is 10.1 Å². The van der Waals surface area contributed by atoms with Gasteiger partial charge in [-0.15, -0.1) is 11.3 Å². The number of benzene rings is 3. The molecule has 6 nitrogen and oxygen atoms in total. The number of nitrogens with one attached hydrogen (secondary N) is 1. The zero-order valence-electron chi connectivity index (χ0n) is 20.8. The molecule has 0 radical (unpaired) electrons. The zero-order valence-corrected chi connectivity index (χ0v) is 21.6. The van der Waals surface area contributed by atoms with Gasteiger partial charge in [-0.25, -0.2) is 13.8 Å². The number of anilines is 2. The lowest BCUT2D eigenvalue weighted by Gasteiger charge is -2.52. The van der Waals surface area contributed by atoms with Gasteiger partial charge in [-0.3, -0.25) is 14.6 Å². The van der Waals surface area contributed by atoms with E-state index >= 15 is 0 Å². The number of amides is 1. The van der Waals surface area contributed by atoms with Gasteiger partial charge in [0.15, 0.2) is 11.6 Å². The van der Waals surface area contributed by atoms with E-state index in [-0.39, 0.29) is 5.91 Å². The highest BCUT2D eigenvalue weighted by atomic mass is 32.1. The van der Waals surface area contributed by atoms with Crippen LogP contribution in [-0.2, 0) is 6.54 Å². The van der Waals surface area contributed by atoms with E-state index in [2.05, 4.69) is 15.2 Å². The molecule has 38 heavy (non-hydrogen) atoms. The number of ether oxygens (including phenoxy) is 1. The molecule has 0 saturated carbocycles. The molecule has 0 atom stereocenters. The lowest BCUT2D eigenvalue weighted by Crippen LogP contribution is -2.64. The van der Waals surface area contributed by atoms with Crippen LogP contribution >= 0.6 is 11.3 Å². The summed E-state index contributed by atoms with van der Waals surface area (Å²) in [5.74, 6) is -1.03. The van der Waals surface area contributed by atoms with E-state index < -0.39 is 17.3 Å². The van der Waals surface area contributed by atoms with Crippen molar-refractivity contribution in [3.05, 3.63) is 95.0 Å². The highest BCUT2D eigenvalue weighted by Crippen LogP contribution is 2.42. The third-order valence-electron chi connectivity index (χ3n) is 7.33. The molecule has 194 valence electrons. The number of methoxy groups -OCH3 is 1. The van der Waals surface area contributed by atoms with Crippen molar-refractivity contribution >= 4 is 28.6 Å². The molecule has 3 heterocycles. The molecule has 0 aliphatic carbocycles. The van der Waals surface area contributed by atoms with Crippen molar-refractivity contribution in [1.82, 2.24) is 9.88 Å². The number of hydrogen-bond acceptors (Lipinski definition) is 6. The minimum Gasteiger partial charge on any atom is -0.497 e. The SMILES string of the molecule is COc1ccc(N2C(=O)c3ccc(-c4nccs4)cc3NC23CCN(Cc2ccc(F)c(F)c2)CC3)cc1. The molecule has 1 amide bonds. The van der Waals surface area contributed by atoms with Crippen molar-refractivity contribution in [2.24, 2.45) is 0 Å². The van der Waals surface area contributed by atoms with Gasteiger partial charge in [-0.2, -0.15) is 0 Å². The molecule has 6 rings (SSSR count). The minimum atomic E-state index is -0.845. The minimum absolute atomic E-state index is 0.0661. The molecule has 2 aliphatic rings. The number of fused-ring (bicyclic) bond motifs is 1. The van der Waals surface area contributed by atoms with Gasteiger partial charge in [0.1, 0.15) is 16.4 Å². The van der Waals surface area contributed by atoms with E-state index in [1.807, 2.05) is 52.7 Å². The summed E-state index contributed by atoms with van der Waals surface area (Å²) >= 11 is 1.56. The number of rotatable bonds is 5. The predicted octanol–water partition coefficient (Wildman–Crippen LogP) is 6.16. The van der Waals surface area contributed by atoms with E-state index in [0.717, 1.165) is 33.3 Å². The van der Waals surface area contributed by atoms with E-state index in [0.29, 0.717) is 38.0 Å². The van der Waals surface area contributed by atoms with E-state index in [1.54, 1.807) is 30.7 Å². The first kappa shape index (κ1) is 24.5. The second kappa shape index (κ2) is 9.81. The van der Waals surface area contributed by atoms with Crippen LogP contribution in [0.4, 0.5) is 20.2 Å². The van der Waals surface area contributed by atoms with Gasteiger partial charge in [0, 0.05) is 61.0 Å². The fourth-order valence-electron chi connectivity index (χ4n) is 5.38. The van der Waals surface area contributed by atoms with Crippen molar-refractivity contribution in [2.45, 2.75) is 25.0 Å². The summed E-state index contributed by atoms with van der Waals surface area (Å²) in [5.41, 5.74) is 3.22. The molecule has 2 aliphatic heterocycles. The van der Waals surface area contributed by atoms with Crippen molar-refractivity contribution in [2.75, 3.05) is 30.4 Å². The van der Waals surface area contributed by atoms with Gasteiger partial charge in [0.05, 0.1) is 12.7 Å². The largest absolute Gasteiger partial charge is 0.497 e. The average Bonchev–Trinajstić information content (AvgIpc) is 3.48. The summed E-state index contributed by atoms with van der Waals surface area (Å²) in [6, 6.07) is 17.4. The summed E-state index contributed by atoms with van der Waals surface area (Å²) in [7, 11) is 1.61. The number of thiazole rings is 1. The molecule has 0 bridgehead atoms. The topological polar surface area (TPSA) is 57.7 Å². The smallest absolute Gasteiger partial charge is 0.262 e. The van der Waals surface area contributed by atoms with E-state index in [1.165, 1.54) is 12.1 Å². The van der Waals surface area contributed by atoms with E-state index in [4.69, 9.17) is 4.74 Å². The summed E-state index contributed by atoms with van der Waals surface area (Å²) < 4.78 is 32.5. The van der Waals surface area contributed by atoms with Crippen molar-refractivity contribution in [3.8, 4) is 16.3 Å². The Balaban J connectivity index is 1.33. The molecule has 1 spiro atoms. The zero-order chi connectivity index (χ0) is 26.3. The van der Waals surface area contributed by atoms with Crippen molar-refractivity contribution in [3.63, 3.8) is 0 Å². The Kier molecular flexibility index (Phi) is 6.33. The Morgan fingerprint density at radius 2 is 1.82 bits per heavy atom. The molecule has 1 N–H and O–H groups in total. The number of nitrogens with zero attached hydrogens (tertiary/aromatic N) is 3. The van der Waals surface area contributed by atoms with Gasteiger partial charge in [0.25, 0.3) is 5.91 Å². The standard InChI is InChI=1S/C29H26F2N4O2S/c1-37-22-6-4-21(5-7-22)35-28(36)23-8-3-20(27-32-12-15-38-27)17-26(23)33-29(35)10-13-34(14-11-29)18-19-2-9-24(30)25(31)16-19/h2-9,12,15-17,33H,10-11,13-14,18H2,1H3. The van der Waals surface area contributed by atoms with Crippen LogP contribution in [0.2, 0.25) is 0 Å². The Hall–Kier alpha value is -3.82. The molecule has 1 saturated heterocycles. The van der Waals surface area contributed by atoms with Crippen molar-refractivity contribution in [1.29, 1.82) is 0 Å². The van der Waals surface area contributed by atoms with Crippen LogP contribution < -0.4 is 15.0 Å². The number of carbonyl (C=O) groups is 1. The number of piperidine rings is 1. The second-order valence-corrected chi connectivity index (χ2v) is 10.5. The summed E-state index contributed by atoms with van der Waals surface area (Å²) in [4.78, 5) is 22.5. The summed E-state index contributed by atoms with van der Waals surface area (Å²) in [6.07, 6.45) is 3.07. The molecule has 0 unspecified atom stereocenters. The normalized spacial score (nSPS) is 16.8. The maximum atomic E-state index is 14.0. The fourth-order valence-corrected chi connectivity index (χ4v) is 6.01. The monoisotopic (exact) mass is 532 g/mol. The molecular formula is C29H26F2N4O2S. The molecular weight excluding hydrogens is 506 g/mol. The highest BCUT2D eigenvalue weighted by molar-refractivity contribution is 7.13. The third-order valence-corrected chi connectivity index (χ3v) is 8.15. The number of likely N-dealkylation sites (tertiary alicyclic amines) is 1. The fraction of sp³-hybridized carbons (Fsp3) is 0.241. The number of carbonyl (C=O) groups excluding carboxylic acids is 1. The lowest BCUT2D eigenvalue weighted by atomic mass is 9.88. The Morgan fingerprint density at radius 1 is 1.03 bits per heavy atom. The first-order chi connectivity index (χ1) is 18.5. The average molecular weight is 533 g/mol. The van der Waals surface area contributed by atoms with Gasteiger partial charge in [0.2, 0.25) is 0 Å². The van der Waals surface area contributed by atoms with Gasteiger partial charge in [-0.1, -0.05) is 12.1 Å². The number of hydrogen-bond donors (Lipinski definition) is 1. The molecule has 9 heteroatoms. The Bertz CT molecular complexity index is 1470. The molecule has 1 fully saturated rings. The van der Waals surface area contributed by atoms with Crippen LogP contribution in [0.3, 0.4) is 0 Å². The maximum Gasteiger partial charge on any atom is 0.262 e. The molecule has 4 aromatic rings. The van der Waals surface area contributed by atoms with Crippen LogP contribution in [0.25, 0.3) is 10.6 Å². The quantitative estimate of drug-likeness (QED) is 0.334. The molecule has 3 aromatic carbocycles.